The molecule has 0 N–H and O–H groups in total. The van der Waals surface area contributed by atoms with Crippen LogP contribution in [-0.2, 0) is 12.5 Å². The zero-order valence-corrected chi connectivity index (χ0v) is 16.3. The van der Waals surface area contributed by atoms with E-state index in [0.717, 1.165) is 48.5 Å². The van der Waals surface area contributed by atoms with Gasteiger partial charge in [-0.2, -0.15) is 10.2 Å². The lowest BCUT2D eigenvalue weighted by atomic mass is 9.92. The average Bonchev–Trinajstić information content (AvgIpc) is 3.03. The number of hydrogen-bond donors (Lipinski definition) is 0. The maximum Gasteiger partial charge on any atom is 0.267 e. The van der Waals surface area contributed by atoms with Gasteiger partial charge in [0.25, 0.3) is 5.56 Å². The van der Waals surface area contributed by atoms with Crippen LogP contribution < -0.4 is 10.5 Å². The van der Waals surface area contributed by atoms with E-state index in [1.54, 1.807) is 21.8 Å². The zero-order chi connectivity index (χ0) is 19.2. The molecule has 4 rings (SSSR count). The maximum absolute atomic E-state index is 12.4. The Balaban J connectivity index is 1.57. The van der Waals surface area contributed by atoms with Crippen molar-refractivity contribution in [3.8, 4) is 0 Å². The number of nitrogens with zero attached hydrogens (tertiary/aromatic N) is 7. The summed E-state index contributed by atoms with van der Waals surface area (Å²) in [5.74, 6) is 0.912. The Hall–Kier alpha value is -2.77. The molecule has 1 saturated heterocycles. The van der Waals surface area contributed by atoms with E-state index in [0.29, 0.717) is 0 Å². The van der Waals surface area contributed by atoms with E-state index in [1.165, 1.54) is 0 Å². The molecule has 1 aliphatic rings. The molecule has 0 bridgehead atoms. The first-order chi connectivity index (χ1) is 12.8. The molecule has 0 atom stereocenters. The molecule has 1 fully saturated rings. The van der Waals surface area contributed by atoms with Gasteiger partial charge in [-0.1, -0.05) is 20.8 Å². The second-order valence-corrected chi connectivity index (χ2v) is 8.17. The summed E-state index contributed by atoms with van der Waals surface area (Å²) in [6.45, 7) is 7.97. The molecule has 4 heterocycles. The van der Waals surface area contributed by atoms with Gasteiger partial charge >= 0.3 is 0 Å². The summed E-state index contributed by atoms with van der Waals surface area (Å²) in [6.07, 6.45) is 5.11. The predicted octanol–water partition coefficient (Wildman–Crippen LogP) is 2.06. The highest BCUT2D eigenvalue weighted by Gasteiger charge is 2.26. The van der Waals surface area contributed by atoms with Crippen molar-refractivity contribution in [2.24, 2.45) is 7.05 Å². The molecule has 0 amide bonds. The highest BCUT2D eigenvalue weighted by atomic mass is 16.1. The highest BCUT2D eigenvalue weighted by Crippen LogP contribution is 2.28. The lowest BCUT2D eigenvalue weighted by molar-refractivity contribution is 0.343. The van der Waals surface area contributed by atoms with E-state index in [2.05, 4.69) is 45.8 Å². The van der Waals surface area contributed by atoms with Crippen LogP contribution in [0.1, 0.15) is 45.3 Å². The van der Waals surface area contributed by atoms with Gasteiger partial charge in [0, 0.05) is 31.6 Å². The van der Waals surface area contributed by atoms with Crippen molar-refractivity contribution in [3.05, 3.63) is 40.7 Å². The van der Waals surface area contributed by atoms with Crippen molar-refractivity contribution in [2.45, 2.75) is 45.1 Å². The standard InChI is InChI=1S/C19H25N7O/c1-19(2,3)15-5-6-16(27)26(23-15)13-7-9-25(10-8-13)18-14-11-22-24(4)17(14)20-12-21-18/h5-6,11-13H,7-10H2,1-4H3. The number of aryl methyl sites for hydroxylation is 1. The quantitative estimate of drug-likeness (QED) is 0.690. The van der Waals surface area contributed by atoms with Crippen LogP contribution in [0.5, 0.6) is 0 Å². The van der Waals surface area contributed by atoms with E-state index >= 15 is 0 Å². The Kier molecular flexibility index (Phi) is 4.20. The first kappa shape index (κ1) is 17.6. The Bertz CT molecular complexity index is 1020. The summed E-state index contributed by atoms with van der Waals surface area (Å²) in [7, 11) is 1.88. The molecule has 8 nitrogen and oxygen atoms in total. The normalized spacial score (nSPS) is 16.2. The first-order valence-corrected chi connectivity index (χ1v) is 9.32. The Morgan fingerprint density at radius 1 is 1.11 bits per heavy atom. The van der Waals surface area contributed by atoms with Crippen LogP contribution >= 0.6 is 0 Å². The molecule has 8 heteroatoms. The minimum atomic E-state index is -0.0803. The van der Waals surface area contributed by atoms with Gasteiger partial charge in [0.2, 0.25) is 0 Å². The number of rotatable bonds is 2. The lowest BCUT2D eigenvalue weighted by Gasteiger charge is -2.33. The van der Waals surface area contributed by atoms with Gasteiger partial charge in [-0.3, -0.25) is 9.48 Å². The molecule has 27 heavy (non-hydrogen) atoms. The SMILES string of the molecule is Cn1ncc2c(N3CCC(n4nc(C(C)(C)C)ccc4=O)CC3)ncnc21. The summed E-state index contributed by atoms with van der Waals surface area (Å²) >= 11 is 0. The minimum absolute atomic E-state index is 0.0295. The summed E-state index contributed by atoms with van der Waals surface area (Å²) in [4.78, 5) is 23.4. The van der Waals surface area contributed by atoms with Crippen molar-refractivity contribution in [2.75, 3.05) is 18.0 Å². The molecule has 0 aliphatic carbocycles. The number of aromatic nitrogens is 6. The van der Waals surface area contributed by atoms with Gasteiger partial charge in [0.1, 0.15) is 12.1 Å². The van der Waals surface area contributed by atoms with Crippen molar-refractivity contribution >= 4 is 16.9 Å². The molecular formula is C19H25N7O. The third-order valence-electron chi connectivity index (χ3n) is 5.21. The van der Waals surface area contributed by atoms with Crippen molar-refractivity contribution in [3.63, 3.8) is 0 Å². The number of piperidine rings is 1. The van der Waals surface area contributed by atoms with Crippen LogP contribution in [0.3, 0.4) is 0 Å². The van der Waals surface area contributed by atoms with Crippen LogP contribution in [0, 0.1) is 0 Å². The molecule has 3 aromatic heterocycles. The van der Waals surface area contributed by atoms with E-state index < -0.39 is 0 Å². The topological polar surface area (TPSA) is 81.7 Å². The van der Waals surface area contributed by atoms with Gasteiger partial charge in [0.15, 0.2) is 5.65 Å². The minimum Gasteiger partial charge on any atom is -0.356 e. The van der Waals surface area contributed by atoms with Crippen molar-refractivity contribution < 1.29 is 0 Å². The molecule has 1 aliphatic heterocycles. The largest absolute Gasteiger partial charge is 0.356 e. The van der Waals surface area contributed by atoms with Gasteiger partial charge in [-0.05, 0) is 18.9 Å². The van der Waals surface area contributed by atoms with E-state index in [-0.39, 0.29) is 17.0 Å². The van der Waals surface area contributed by atoms with Gasteiger partial charge in [-0.25, -0.2) is 14.6 Å². The number of fused-ring (bicyclic) bond motifs is 1. The maximum atomic E-state index is 12.4. The molecule has 142 valence electrons. The van der Waals surface area contributed by atoms with Crippen LogP contribution in [0.25, 0.3) is 11.0 Å². The van der Waals surface area contributed by atoms with E-state index in [1.807, 2.05) is 19.3 Å². The predicted molar refractivity (Wildman–Crippen MR) is 104 cm³/mol. The third kappa shape index (κ3) is 3.20. The zero-order valence-electron chi connectivity index (χ0n) is 16.3. The Morgan fingerprint density at radius 3 is 2.56 bits per heavy atom. The van der Waals surface area contributed by atoms with Crippen LogP contribution in [0.2, 0.25) is 0 Å². The second kappa shape index (κ2) is 6.44. The fourth-order valence-corrected chi connectivity index (χ4v) is 3.61. The summed E-state index contributed by atoms with van der Waals surface area (Å²) < 4.78 is 3.44. The van der Waals surface area contributed by atoms with Crippen molar-refractivity contribution in [1.82, 2.24) is 29.5 Å². The molecule has 0 saturated carbocycles. The summed E-state index contributed by atoms with van der Waals surface area (Å²) in [6, 6.07) is 3.60. The smallest absolute Gasteiger partial charge is 0.267 e. The first-order valence-electron chi connectivity index (χ1n) is 9.32. The van der Waals surface area contributed by atoms with Crippen LogP contribution in [-0.4, -0.2) is 42.6 Å². The average molecular weight is 367 g/mol. The number of anilines is 1. The second-order valence-electron chi connectivity index (χ2n) is 8.17. The van der Waals surface area contributed by atoms with Crippen molar-refractivity contribution in [1.29, 1.82) is 0 Å². The van der Waals surface area contributed by atoms with Gasteiger partial charge < -0.3 is 4.90 Å². The molecule has 0 unspecified atom stereocenters. The lowest BCUT2D eigenvalue weighted by Crippen LogP contribution is -2.39. The molecule has 0 aromatic carbocycles. The fraction of sp³-hybridized carbons (Fsp3) is 0.526. The fourth-order valence-electron chi connectivity index (χ4n) is 3.61. The summed E-state index contributed by atoms with van der Waals surface area (Å²) in [5.41, 5.74) is 1.66. The highest BCUT2D eigenvalue weighted by molar-refractivity contribution is 5.86. The van der Waals surface area contributed by atoms with E-state index in [9.17, 15) is 4.79 Å². The van der Waals surface area contributed by atoms with Gasteiger partial charge in [-0.15, -0.1) is 0 Å². The molecule has 3 aromatic rings. The Morgan fingerprint density at radius 2 is 1.85 bits per heavy atom. The number of hydrogen-bond acceptors (Lipinski definition) is 6. The van der Waals surface area contributed by atoms with E-state index in [4.69, 9.17) is 0 Å². The molecule has 0 radical (unpaired) electrons. The molecular weight excluding hydrogens is 342 g/mol. The third-order valence-corrected chi connectivity index (χ3v) is 5.21. The Labute approximate surface area is 157 Å². The monoisotopic (exact) mass is 367 g/mol. The van der Waals surface area contributed by atoms with Crippen LogP contribution in [0.4, 0.5) is 5.82 Å². The summed E-state index contributed by atoms with van der Waals surface area (Å²) in [5, 5.41) is 9.92. The molecule has 0 spiro atoms. The van der Waals surface area contributed by atoms with Gasteiger partial charge in [0.05, 0.1) is 23.3 Å². The van der Waals surface area contributed by atoms with Crippen LogP contribution in [0.15, 0.2) is 29.5 Å².